The van der Waals surface area contributed by atoms with Crippen molar-refractivity contribution in [1.29, 1.82) is 0 Å². The van der Waals surface area contributed by atoms with Gasteiger partial charge in [-0.3, -0.25) is 14.5 Å². The number of ketones is 1. The van der Waals surface area contributed by atoms with E-state index in [1.165, 1.54) is 16.2 Å². The van der Waals surface area contributed by atoms with Gasteiger partial charge in [-0.2, -0.15) is 0 Å². The molecule has 4 rings (SSSR count). The van der Waals surface area contributed by atoms with Crippen LogP contribution in [0.2, 0.25) is 0 Å². The molecule has 2 aromatic carbocycles. The number of benzene rings is 2. The zero-order valence-corrected chi connectivity index (χ0v) is 21.0. The fourth-order valence-corrected chi connectivity index (χ4v) is 4.91. The molecule has 0 aliphatic carbocycles. The van der Waals surface area contributed by atoms with Gasteiger partial charge in [-0.25, -0.2) is 4.98 Å². The van der Waals surface area contributed by atoms with E-state index in [1.54, 1.807) is 31.4 Å². The van der Waals surface area contributed by atoms with Crippen LogP contribution in [-0.4, -0.2) is 28.9 Å². The predicted molar refractivity (Wildman–Crippen MR) is 135 cm³/mol. The van der Waals surface area contributed by atoms with E-state index in [0.717, 1.165) is 21.7 Å². The molecule has 0 unspecified atom stereocenters. The van der Waals surface area contributed by atoms with Crippen LogP contribution in [0, 0.1) is 13.8 Å². The molecule has 0 spiro atoms. The van der Waals surface area contributed by atoms with Crippen molar-refractivity contribution in [1.82, 2.24) is 4.98 Å². The van der Waals surface area contributed by atoms with Crippen LogP contribution in [0.15, 0.2) is 54.1 Å². The first-order valence-electron chi connectivity index (χ1n) is 11.0. The highest BCUT2D eigenvalue weighted by Crippen LogP contribution is 2.44. The highest BCUT2D eigenvalue weighted by atomic mass is 32.1. The SMILES string of the molecule is COc1ccc(/C(O)=C2\C(=O)C(=O)N(c3nc(C)c(C)s3)[C@H]2c2ccc(C(C)(C)C)cc2)cc1. The molecular weight excluding hydrogens is 448 g/mol. The predicted octanol–water partition coefficient (Wildman–Crippen LogP) is 5.69. The molecule has 0 saturated carbocycles. The Morgan fingerprint density at radius 3 is 2.15 bits per heavy atom. The summed E-state index contributed by atoms with van der Waals surface area (Å²) in [7, 11) is 1.56. The summed E-state index contributed by atoms with van der Waals surface area (Å²) in [6.45, 7) is 10.2. The van der Waals surface area contributed by atoms with Crippen LogP contribution < -0.4 is 9.64 Å². The Balaban J connectivity index is 1.91. The van der Waals surface area contributed by atoms with Gasteiger partial charge in [-0.05, 0) is 54.7 Å². The Morgan fingerprint density at radius 1 is 1.03 bits per heavy atom. The number of amides is 1. The number of hydrogen-bond donors (Lipinski definition) is 1. The largest absolute Gasteiger partial charge is 0.507 e. The van der Waals surface area contributed by atoms with Crippen molar-refractivity contribution < 1.29 is 19.4 Å². The van der Waals surface area contributed by atoms with Crippen molar-refractivity contribution in [2.24, 2.45) is 0 Å². The number of aliphatic hydroxyl groups is 1. The third-order valence-electron chi connectivity index (χ3n) is 6.12. The van der Waals surface area contributed by atoms with Gasteiger partial charge in [0.2, 0.25) is 0 Å². The number of rotatable bonds is 4. The van der Waals surface area contributed by atoms with Gasteiger partial charge in [0.25, 0.3) is 5.78 Å². The maximum atomic E-state index is 13.3. The number of nitrogens with zero attached hydrogens (tertiary/aromatic N) is 2. The summed E-state index contributed by atoms with van der Waals surface area (Å²) < 4.78 is 5.20. The van der Waals surface area contributed by atoms with Crippen LogP contribution in [-0.2, 0) is 15.0 Å². The van der Waals surface area contributed by atoms with Crippen molar-refractivity contribution >= 4 is 33.9 Å². The average Bonchev–Trinajstić information content (AvgIpc) is 3.28. The van der Waals surface area contributed by atoms with E-state index < -0.39 is 17.7 Å². The fraction of sp³-hybridized carbons (Fsp3) is 0.296. The third-order valence-corrected chi connectivity index (χ3v) is 7.20. The smallest absolute Gasteiger partial charge is 0.301 e. The minimum absolute atomic E-state index is 0.0455. The van der Waals surface area contributed by atoms with Gasteiger partial charge >= 0.3 is 5.91 Å². The van der Waals surface area contributed by atoms with E-state index in [9.17, 15) is 14.7 Å². The molecule has 34 heavy (non-hydrogen) atoms. The van der Waals surface area contributed by atoms with Crippen molar-refractivity contribution in [3.63, 3.8) is 0 Å². The molecule has 0 radical (unpaired) electrons. The number of thiazole rings is 1. The molecule has 1 amide bonds. The summed E-state index contributed by atoms with van der Waals surface area (Å²) in [5.74, 6) is -1.03. The fourth-order valence-electron chi connectivity index (χ4n) is 3.97. The molecule has 1 fully saturated rings. The van der Waals surface area contributed by atoms with Gasteiger partial charge in [0.15, 0.2) is 5.13 Å². The van der Waals surface area contributed by atoms with E-state index >= 15 is 0 Å². The molecule has 176 valence electrons. The van der Waals surface area contributed by atoms with Gasteiger partial charge in [-0.1, -0.05) is 45.0 Å². The van der Waals surface area contributed by atoms with Crippen LogP contribution >= 0.6 is 11.3 Å². The van der Waals surface area contributed by atoms with E-state index in [1.807, 2.05) is 38.1 Å². The van der Waals surface area contributed by atoms with E-state index in [-0.39, 0.29) is 16.7 Å². The van der Waals surface area contributed by atoms with Crippen LogP contribution in [0.4, 0.5) is 5.13 Å². The Bertz CT molecular complexity index is 1260. The zero-order valence-electron chi connectivity index (χ0n) is 20.2. The number of Topliss-reactive ketones (excluding diaryl/α,β-unsaturated/α-hetero) is 1. The maximum absolute atomic E-state index is 13.3. The average molecular weight is 477 g/mol. The molecule has 2 heterocycles. The first kappa shape index (κ1) is 23.7. The number of carbonyl (C=O) groups is 2. The lowest BCUT2D eigenvalue weighted by Crippen LogP contribution is -2.29. The molecule has 6 nitrogen and oxygen atoms in total. The first-order chi connectivity index (χ1) is 16.0. The second kappa shape index (κ2) is 8.72. The lowest BCUT2D eigenvalue weighted by atomic mass is 9.85. The van der Waals surface area contributed by atoms with Gasteiger partial charge in [0, 0.05) is 10.4 Å². The van der Waals surface area contributed by atoms with Crippen LogP contribution in [0.5, 0.6) is 5.75 Å². The summed E-state index contributed by atoms with van der Waals surface area (Å²) in [6.07, 6.45) is 0. The Labute approximate surface area is 203 Å². The molecule has 1 saturated heterocycles. The van der Waals surface area contributed by atoms with Crippen LogP contribution in [0.1, 0.15) is 54.1 Å². The van der Waals surface area contributed by atoms with E-state index in [0.29, 0.717) is 16.4 Å². The molecule has 1 atom stereocenters. The Hall–Kier alpha value is -3.45. The maximum Gasteiger partial charge on any atom is 0.301 e. The van der Waals surface area contributed by atoms with Crippen molar-refractivity contribution in [3.8, 4) is 5.75 Å². The minimum Gasteiger partial charge on any atom is -0.507 e. The normalized spacial score (nSPS) is 17.9. The number of methoxy groups -OCH3 is 1. The highest BCUT2D eigenvalue weighted by molar-refractivity contribution is 7.16. The highest BCUT2D eigenvalue weighted by Gasteiger charge is 2.48. The second-order valence-corrected chi connectivity index (χ2v) is 10.6. The third kappa shape index (κ3) is 4.12. The lowest BCUT2D eigenvalue weighted by Gasteiger charge is -2.24. The standard InChI is InChI=1S/C27H28N2O4S/c1-15-16(2)34-26(28-15)29-22(17-7-11-19(12-8-17)27(3,4)5)21(24(31)25(29)32)23(30)18-9-13-20(33-6)14-10-18/h7-14,22,30H,1-6H3/b23-21+/t22-/m0/s1. The summed E-state index contributed by atoms with van der Waals surface area (Å²) in [4.78, 5) is 33.5. The quantitative estimate of drug-likeness (QED) is 0.297. The molecule has 3 aromatic rings. The number of anilines is 1. The summed E-state index contributed by atoms with van der Waals surface area (Å²) >= 11 is 1.36. The van der Waals surface area contributed by atoms with E-state index in [4.69, 9.17) is 4.74 Å². The number of aromatic nitrogens is 1. The minimum atomic E-state index is -0.791. The van der Waals surface area contributed by atoms with Crippen molar-refractivity contribution in [3.05, 3.63) is 81.4 Å². The lowest BCUT2D eigenvalue weighted by molar-refractivity contribution is -0.132. The molecular formula is C27H28N2O4S. The van der Waals surface area contributed by atoms with Crippen LogP contribution in [0.3, 0.4) is 0 Å². The second-order valence-electron chi connectivity index (χ2n) is 9.41. The molecule has 1 N–H and O–H groups in total. The van der Waals surface area contributed by atoms with Gasteiger partial charge in [0.05, 0.1) is 24.4 Å². The molecule has 7 heteroatoms. The summed E-state index contributed by atoms with van der Waals surface area (Å²) in [5, 5.41) is 11.7. The molecule has 1 aromatic heterocycles. The molecule has 1 aliphatic heterocycles. The Kier molecular flexibility index (Phi) is 6.08. The first-order valence-corrected chi connectivity index (χ1v) is 11.8. The molecule has 0 bridgehead atoms. The number of hydrogen-bond acceptors (Lipinski definition) is 6. The van der Waals surface area contributed by atoms with Gasteiger partial charge < -0.3 is 9.84 Å². The number of carbonyl (C=O) groups excluding carboxylic acids is 2. The van der Waals surface area contributed by atoms with Crippen molar-refractivity contribution in [2.75, 3.05) is 12.0 Å². The Morgan fingerprint density at radius 2 is 1.65 bits per heavy atom. The van der Waals surface area contributed by atoms with Gasteiger partial charge in [0.1, 0.15) is 11.5 Å². The zero-order chi connectivity index (χ0) is 24.8. The van der Waals surface area contributed by atoms with Gasteiger partial charge in [-0.15, -0.1) is 11.3 Å². The monoisotopic (exact) mass is 476 g/mol. The van der Waals surface area contributed by atoms with Crippen molar-refractivity contribution in [2.45, 2.75) is 46.1 Å². The summed E-state index contributed by atoms with van der Waals surface area (Å²) in [6, 6.07) is 13.8. The summed E-state index contributed by atoms with van der Waals surface area (Å²) in [5.41, 5.74) is 3.09. The molecule has 1 aliphatic rings. The number of aryl methyl sites for hydroxylation is 2. The van der Waals surface area contributed by atoms with Crippen LogP contribution in [0.25, 0.3) is 5.76 Å². The van der Waals surface area contributed by atoms with E-state index in [2.05, 4.69) is 25.8 Å². The number of ether oxygens (including phenoxy) is 1. The topological polar surface area (TPSA) is 79.7 Å². The number of aliphatic hydroxyl groups excluding tert-OH is 1.